The Labute approximate surface area is 169 Å². The summed E-state index contributed by atoms with van der Waals surface area (Å²) < 4.78 is 10.7. The molecule has 0 amide bonds. The van der Waals surface area contributed by atoms with Crippen molar-refractivity contribution in [3.05, 3.63) is 42.0 Å². The molecule has 0 aliphatic heterocycles. The Morgan fingerprint density at radius 2 is 1.33 bits per heavy atom. The molecule has 3 heteroatoms. The summed E-state index contributed by atoms with van der Waals surface area (Å²) >= 11 is -2.72. The molecule has 2 aromatic rings. The van der Waals surface area contributed by atoms with Gasteiger partial charge < -0.3 is 0 Å². The number of benzene rings is 2. The van der Waals surface area contributed by atoms with E-state index in [2.05, 4.69) is 51.1 Å². The van der Waals surface area contributed by atoms with Gasteiger partial charge in [0.25, 0.3) is 0 Å². The topological polar surface area (TPSA) is 26.3 Å². The summed E-state index contributed by atoms with van der Waals surface area (Å²) in [7, 11) is 1.52. The van der Waals surface area contributed by atoms with E-state index >= 15 is 0 Å². The molecule has 0 aliphatic rings. The van der Waals surface area contributed by atoms with Gasteiger partial charge in [-0.3, -0.25) is 0 Å². The van der Waals surface area contributed by atoms with Gasteiger partial charge in [-0.25, -0.2) is 0 Å². The second kappa shape index (κ2) is 11.1. The fourth-order valence-electron chi connectivity index (χ4n) is 4.28. The van der Waals surface area contributed by atoms with Crippen molar-refractivity contribution in [1.29, 1.82) is 0 Å². The number of esters is 1. The molecule has 0 unspecified atom stereocenters. The normalized spacial score (nSPS) is 11.7. The molecule has 0 heterocycles. The Hall–Kier alpha value is -1.03. The zero-order valence-corrected chi connectivity index (χ0v) is 20.5. The number of unbranched alkanes of at least 4 members (excludes halogenated alkanes) is 3. The fraction of sp³-hybridized carbons (Fsp3) is 0.542. The van der Waals surface area contributed by atoms with Crippen LogP contribution in [0, 0.1) is 0 Å². The van der Waals surface area contributed by atoms with Crippen LogP contribution >= 0.6 is 0 Å². The van der Waals surface area contributed by atoms with Crippen LogP contribution in [0.25, 0.3) is 10.8 Å². The monoisotopic (exact) mass is 476 g/mol. The van der Waals surface area contributed by atoms with Gasteiger partial charge in [0, 0.05) is 0 Å². The molecule has 0 saturated carbocycles. The molecule has 0 spiro atoms. The number of carbonyl (C=O) groups excluding carboxylic acids is 1. The van der Waals surface area contributed by atoms with Crippen LogP contribution in [-0.4, -0.2) is 31.5 Å². The summed E-state index contributed by atoms with van der Waals surface area (Å²) in [5.41, 5.74) is 0.857. The quantitative estimate of drug-likeness (QED) is 0.268. The van der Waals surface area contributed by atoms with Crippen molar-refractivity contribution in [1.82, 2.24) is 0 Å². The van der Waals surface area contributed by atoms with Crippen molar-refractivity contribution in [2.45, 2.75) is 72.6 Å². The van der Waals surface area contributed by atoms with Crippen molar-refractivity contribution in [2.24, 2.45) is 0 Å². The summed E-state index contributed by atoms with van der Waals surface area (Å²) in [6.45, 7) is 6.87. The standard InChI is InChI=1S/C12H9O2.3C4H9.Sn/c1-14-12(13)11-7-6-9-4-2-3-5-10(9)8-11;3*1-3-4-2;/h2-6,8H,1H3;3*1,3-4H2,2H3;. The molecule has 0 fully saturated rings. The Balaban J connectivity index is 2.68. The van der Waals surface area contributed by atoms with Crippen molar-refractivity contribution < 1.29 is 9.53 Å². The summed E-state index contributed by atoms with van der Waals surface area (Å²) in [5, 5.41) is 2.41. The number of rotatable bonds is 11. The van der Waals surface area contributed by atoms with Gasteiger partial charge >= 0.3 is 170 Å². The molecule has 0 aromatic heterocycles. The van der Waals surface area contributed by atoms with Gasteiger partial charge in [0.2, 0.25) is 0 Å². The van der Waals surface area contributed by atoms with Crippen LogP contribution in [0.3, 0.4) is 0 Å². The van der Waals surface area contributed by atoms with Gasteiger partial charge in [-0.1, -0.05) is 0 Å². The number of carbonyl (C=O) groups is 1. The van der Waals surface area contributed by atoms with E-state index in [1.54, 1.807) is 0 Å². The Morgan fingerprint density at radius 3 is 1.78 bits per heavy atom. The van der Waals surface area contributed by atoms with Gasteiger partial charge in [-0.2, -0.15) is 0 Å². The molecular weight excluding hydrogens is 439 g/mol. The predicted molar refractivity (Wildman–Crippen MR) is 120 cm³/mol. The van der Waals surface area contributed by atoms with Gasteiger partial charge in [0.15, 0.2) is 0 Å². The van der Waals surface area contributed by atoms with Crippen molar-refractivity contribution in [2.75, 3.05) is 7.11 Å². The van der Waals surface area contributed by atoms with Crippen molar-refractivity contribution in [3.8, 4) is 0 Å². The summed E-state index contributed by atoms with van der Waals surface area (Å²) in [6, 6.07) is 12.9. The van der Waals surface area contributed by atoms with E-state index in [1.807, 2.05) is 6.07 Å². The van der Waals surface area contributed by atoms with Crippen LogP contribution in [-0.2, 0) is 4.74 Å². The molecule has 2 nitrogen and oxygen atoms in total. The third kappa shape index (κ3) is 5.49. The summed E-state index contributed by atoms with van der Waals surface area (Å²) in [4.78, 5) is 12.8. The maximum atomic E-state index is 12.8. The number of hydrogen-bond donors (Lipinski definition) is 0. The Morgan fingerprint density at radius 1 is 0.852 bits per heavy atom. The molecule has 0 N–H and O–H groups in total. The first-order valence-electron chi connectivity index (χ1n) is 10.7. The third-order valence-electron chi connectivity index (χ3n) is 5.89. The van der Waals surface area contributed by atoms with Crippen LogP contribution < -0.4 is 3.58 Å². The summed E-state index contributed by atoms with van der Waals surface area (Å²) in [5.74, 6) is -0.152. The second-order valence-corrected chi connectivity index (χ2v) is 21.0. The van der Waals surface area contributed by atoms with E-state index in [9.17, 15) is 4.79 Å². The van der Waals surface area contributed by atoms with Crippen LogP contribution in [0.2, 0.25) is 13.3 Å². The van der Waals surface area contributed by atoms with E-state index in [1.165, 1.54) is 67.9 Å². The van der Waals surface area contributed by atoms with Gasteiger partial charge in [0.05, 0.1) is 0 Å². The van der Waals surface area contributed by atoms with E-state index in [0.717, 1.165) is 10.9 Å². The molecule has 148 valence electrons. The van der Waals surface area contributed by atoms with E-state index < -0.39 is 18.4 Å². The Bertz CT molecular complexity index is 716. The molecule has 0 bridgehead atoms. The predicted octanol–water partition coefficient (Wildman–Crippen LogP) is 6.68. The minimum atomic E-state index is -2.72. The first-order chi connectivity index (χ1) is 13.1. The number of ether oxygens (including phenoxy) is 1. The van der Waals surface area contributed by atoms with E-state index in [-0.39, 0.29) is 5.97 Å². The average molecular weight is 475 g/mol. The van der Waals surface area contributed by atoms with Crippen LogP contribution in [0.15, 0.2) is 36.4 Å². The number of hydrogen-bond acceptors (Lipinski definition) is 2. The van der Waals surface area contributed by atoms with E-state index in [0.29, 0.717) is 0 Å². The zero-order valence-electron chi connectivity index (χ0n) is 17.6. The molecule has 0 aliphatic carbocycles. The molecular formula is C24H36O2Sn. The zero-order chi connectivity index (χ0) is 19.7. The molecule has 2 aromatic carbocycles. The average Bonchev–Trinajstić information content (AvgIpc) is 2.72. The summed E-state index contributed by atoms with van der Waals surface area (Å²) in [6.07, 6.45) is 7.57. The van der Waals surface area contributed by atoms with Crippen molar-refractivity contribution >= 4 is 38.7 Å². The number of fused-ring (bicyclic) bond motifs is 1. The van der Waals surface area contributed by atoms with Crippen LogP contribution in [0.5, 0.6) is 0 Å². The molecule has 2 rings (SSSR count). The minimum absolute atomic E-state index is 0.152. The Kier molecular flexibility index (Phi) is 9.14. The van der Waals surface area contributed by atoms with Gasteiger partial charge in [0.1, 0.15) is 0 Å². The van der Waals surface area contributed by atoms with Gasteiger partial charge in [-0.05, 0) is 0 Å². The third-order valence-corrected chi connectivity index (χ3v) is 21.6. The number of methoxy groups -OCH3 is 1. The second-order valence-electron chi connectivity index (χ2n) is 7.83. The van der Waals surface area contributed by atoms with Crippen LogP contribution in [0.1, 0.15) is 69.7 Å². The molecule has 0 atom stereocenters. The van der Waals surface area contributed by atoms with Crippen LogP contribution in [0.4, 0.5) is 0 Å². The molecule has 0 radical (unpaired) electrons. The van der Waals surface area contributed by atoms with Gasteiger partial charge in [-0.15, -0.1) is 0 Å². The maximum absolute atomic E-state index is 12.8. The SMILES string of the molecule is CCC[CH2][Sn]([CH2]CCC)([CH2]CCC)[c]1cc2ccccc2cc1C(=O)OC. The first-order valence-corrected chi connectivity index (χ1v) is 18.2. The fourth-order valence-corrected chi connectivity index (χ4v) is 21.0. The molecule has 0 saturated heterocycles. The molecule has 27 heavy (non-hydrogen) atoms. The van der Waals surface area contributed by atoms with Crippen molar-refractivity contribution in [3.63, 3.8) is 0 Å². The first kappa shape index (κ1) is 22.3. The van der Waals surface area contributed by atoms with E-state index in [4.69, 9.17) is 4.74 Å².